The lowest BCUT2D eigenvalue weighted by molar-refractivity contribution is -0.156. The first-order chi connectivity index (χ1) is 25.8. The summed E-state index contributed by atoms with van der Waals surface area (Å²) >= 11 is 0. The summed E-state index contributed by atoms with van der Waals surface area (Å²) in [6.07, 6.45) is 6.97. The Labute approximate surface area is 315 Å². The number of carbonyl (C=O) groups excluding carboxylic acids is 7. The van der Waals surface area contributed by atoms with Gasteiger partial charge in [0.05, 0.1) is 13.0 Å². The molecule has 5 N–H and O–H groups in total. The molecule has 16 heteroatoms. The number of rotatable bonds is 3. The van der Waals surface area contributed by atoms with Crippen molar-refractivity contribution in [3.63, 3.8) is 0 Å². The predicted molar refractivity (Wildman–Crippen MR) is 198 cm³/mol. The van der Waals surface area contributed by atoms with Crippen LogP contribution in [0.2, 0.25) is 0 Å². The number of hydrogen-bond acceptors (Lipinski definition) is 9. The number of piperidine rings is 1. The molecule has 4 aliphatic heterocycles. The molecule has 2 aromatic rings. The van der Waals surface area contributed by atoms with Gasteiger partial charge in [-0.05, 0) is 70.4 Å². The van der Waals surface area contributed by atoms with E-state index in [1.165, 1.54) is 10.5 Å². The van der Waals surface area contributed by atoms with Crippen molar-refractivity contribution in [3.8, 4) is 0 Å². The number of carbonyl (C=O) groups is 7. The van der Waals surface area contributed by atoms with Crippen LogP contribution in [0.5, 0.6) is 0 Å². The second kappa shape index (κ2) is 20.1. The number of fused-ring (bicyclic) bond motifs is 3. The molecule has 1 aromatic carbocycles. The molecule has 5 unspecified atom stereocenters. The maximum Gasteiger partial charge on any atom is 0.328 e. The van der Waals surface area contributed by atoms with Crippen LogP contribution >= 0.6 is 0 Å². The van der Waals surface area contributed by atoms with E-state index in [0.29, 0.717) is 51.0 Å². The molecule has 5 atom stereocenters. The SMILES string of the molecule is CC1CC2C(=O)OCCC(=O)N3CCCC3C(=O)N3CCCCC3C(=O)NC(C)C(=O)N2C1.Cc1ccccc1.NC(=O)CNC(=O)Nc1ccncc1. The standard InChI is InChI=1S/C23H34N4O6.C8H10N4O2.C7H8/c1-14-12-18-23(32)33-11-8-19(28)25-10-5-7-17(25)22(31)26-9-4-3-6-16(26)20(29)24-15(2)21(30)27(18)13-14;9-7(13)5-11-8(14)12-6-1-3-10-4-2-6;1-7-5-3-2-4-6-7/h14-18H,3-13H2,1-2H3,(H,24,29);1-4H,5H2,(H2,9,13)(H2,10,11,12,14);2-6H,1H3. The smallest absolute Gasteiger partial charge is 0.328 e. The van der Waals surface area contributed by atoms with Crippen molar-refractivity contribution in [2.24, 2.45) is 11.7 Å². The summed E-state index contributed by atoms with van der Waals surface area (Å²) in [6, 6.07) is 10.2. The third-order valence-electron chi connectivity index (χ3n) is 9.60. The number of aryl methyl sites for hydroxylation is 1. The molecule has 1 aromatic heterocycles. The van der Waals surface area contributed by atoms with Gasteiger partial charge >= 0.3 is 12.0 Å². The van der Waals surface area contributed by atoms with E-state index < -0.39 is 42.1 Å². The fraction of sp³-hybridized carbons (Fsp3) is 0.526. The lowest BCUT2D eigenvalue weighted by Gasteiger charge is -2.38. The van der Waals surface area contributed by atoms with Crippen LogP contribution in [-0.4, -0.2) is 118 Å². The number of hydrogen-bond donors (Lipinski definition) is 4. The minimum Gasteiger partial charge on any atom is -0.464 e. The summed E-state index contributed by atoms with van der Waals surface area (Å²) in [6.45, 7) is 6.73. The number of nitrogens with zero attached hydrogens (tertiary/aromatic N) is 4. The van der Waals surface area contributed by atoms with Crippen LogP contribution in [0.4, 0.5) is 10.5 Å². The van der Waals surface area contributed by atoms with Crippen LogP contribution in [0.25, 0.3) is 0 Å². The second-order valence-electron chi connectivity index (χ2n) is 13.9. The molecule has 0 saturated carbocycles. The fourth-order valence-electron chi connectivity index (χ4n) is 6.91. The van der Waals surface area contributed by atoms with Gasteiger partial charge in [-0.3, -0.25) is 29.0 Å². The third-order valence-corrected chi connectivity index (χ3v) is 9.60. The van der Waals surface area contributed by atoms with Crippen molar-refractivity contribution in [2.75, 3.05) is 38.1 Å². The van der Waals surface area contributed by atoms with Crippen molar-refractivity contribution in [2.45, 2.75) is 89.9 Å². The molecule has 7 amide bonds. The number of urea groups is 1. The predicted octanol–water partition coefficient (Wildman–Crippen LogP) is 1.73. The Bertz CT molecular complexity index is 1630. The van der Waals surface area contributed by atoms with Crippen LogP contribution in [-0.2, 0) is 33.5 Å². The van der Waals surface area contributed by atoms with Crippen molar-refractivity contribution >= 4 is 47.2 Å². The third kappa shape index (κ3) is 11.7. The number of cyclic esters (lactones) is 1. The van der Waals surface area contributed by atoms with Gasteiger partial charge in [0, 0.05) is 37.7 Å². The zero-order chi connectivity index (χ0) is 39.2. The van der Waals surface area contributed by atoms with E-state index in [1.807, 2.05) is 25.1 Å². The second-order valence-corrected chi connectivity index (χ2v) is 13.9. The number of aromatic nitrogens is 1. The van der Waals surface area contributed by atoms with E-state index in [9.17, 15) is 33.6 Å². The molecule has 292 valence electrons. The lowest BCUT2D eigenvalue weighted by atomic mass is 9.99. The molecule has 4 saturated heterocycles. The Kier molecular flexibility index (Phi) is 15.3. The Hall–Kier alpha value is -5.54. The van der Waals surface area contributed by atoms with Crippen molar-refractivity contribution in [3.05, 3.63) is 60.4 Å². The number of nitrogens with two attached hydrogens (primary N) is 1. The average molecular weight is 749 g/mol. The molecule has 6 rings (SSSR count). The average Bonchev–Trinajstić information content (AvgIpc) is 3.82. The number of anilines is 1. The van der Waals surface area contributed by atoms with Gasteiger partial charge in [-0.2, -0.15) is 0 Å². The molecule has 0 spiro atoms. The van der Waals surface area contributed by atoms with E-state index in [4.69, 9.17) is 10.5 Å². The van der Waals surface area contributed by atoms with Crippen LogP contribution in [0.3, 0.4) is 0 Å². The number of pyridine rings is 1. The highest BCUT2D eigenvalue weighted by atomic mass is 16.5. The monoisotopic (exact) mass is 748 g/mol. The van der Waals surface area contributed by atoms with Gasteiger partial charge in [0.25, 0.3) is 0 Å². The molecule has 54 heavy (non-hydrogen) atoms. The highest BCUT2D eigenvalue weighted by Gasteiger charge is 2.44. The van der Waals surface area contributed by atoms with Crippen LogP contribution in [0.1, 0.15) is 64.4 Å². The molecule has 0 bridgehead atoms. The zero-order valence-corrected chi connectivity index (χ0v) is 31.2. The first-order valence-corrected chi connectivity index (χ1v) is 18.5. The fourth-order valence-corrected chi connectivity index (χ4v) is 6.91. The maximum absolute atomic E-state index is 13.4. The van der Waals surface area contributed by atoms with E-state index in [-0.39, 0.29) is 49.1 Å². The van der Waals surface area contributed by atoms with Gasteiger partial charge in [-0.1, -0.05) is 42.8 Å². The normalized spacial score (nSPS) is 24.6. The number of benzene rings is 1. The quantitative estimate of drug-likeness (QED) is 0.336. The Morgan fingerprint density at radius 1 is 0.870 bits per heavy atom. The summed E-state index contributed by atoms with van der Waals surface area (Å²) in [5, 5.41) is 7.57. The number of nitrogens with one attached hydrogen (secondary N) is 3. The van der Waals surface area contributed by atoms with Crippen LogP contribution < -0.4 is 21.7 Å². The minimum absolute atomic E-state index is 0.00788. The highest BCUT2D eigenvalue weighted by molar-refractivity contribution is 5.96. The van der Waals surface area contributed by atoms with Gasteiger partial charge in [-0.15, -0.1) is 0 Å². The van der Waals surface area contributed by atoms with Gasteiger partial charge in [-0.25, -0.2) is 9.59 Å². The molecule has 5 heterocycles. The Morgan fingerprint density at radius 3 is 2.22 bits per heavy atom. The van der Waals surface area contributed by atoms with Crippen molar-refractivity contribution in [1.82, 2.24) is 30.3 Å². The molecular weight excluding hydrogens is 696 g/mol. The van der Waals surface area contributed by atoms with Crippen LogP contribution in [0.15, 0.2) is 54.9 Å². The van der Waals surface area contributed by atoms with Gasteiger partial charge in [0.1, 0.15) is 30.8 Å². The van der Waals surface area contributed by atoms with Crippen molar-refractivity contribution in [1.29, 1.82) is 0 Å². The van der Waals surface area contributed by atoms with Gasteiger partial charge in [0.15, 0.2) is 0 Å². The minimum atomic E-state index is -0.825. The summed E-state index contributed by atoms with van der Waals surface area (Å²) in [7, 11) is 0. The summed E-state index contributed by atoms with van der Waals surface area (Å²) < 4.78 is 5.38. The summed E-state index contributed by atoms with van der Waals surface area (Å²) in [5.74, 6) is -2.14. The van der Waals surface area contributed by atoms with E-state index in [0.717, 1.165) is 12.8 Å². The molecular formula is C38H52N8O8. The largest absolute Gasteiger partial charge is 0.464 e. The molecule has 0 radical (unpaired) electrons. The molecule has 16 nitrogen and oxygen atoms in total. The van der Waals surface area contributed by atoms with Gasteiger partial charge < -0.3 is 41.1 Å². The van der Waals surface area contributed by atoms with E-state index >= 15 is 0 Å². The number of amides is 7. The highest BCUT2D eigenvalue weighted by Crippen LogP contribution is 2.27. The number of primary amides is 1. The Morgan fingerprint density at radius 2 is 1.56 bits per heavy atom. The molecule has 4 fully saturated rings. The molecule has 4 aliphatic rings. The van der Waals surface area contributed by atoms with Gasteiger partial charge in [0.2, 0.25) is 29.5 Å². The molecule has 0 aliphatic carbocycles. The number of ether oxygens (including phenoxy) is 1. The van der Waals surface area contributed by atoms with Crippen molar-refractivity contribution < 1.29 is 38.3 Å². The summed E-state index contributed by atoms with van der Waals surface area (Å²) in [5.41, 5.74) is 6.76. The number of esters is 1. The van der Waals surface area contributed by atoms with E-state index in [1.54, 1.807) is 41.2 Å². The zero-order valence-electron chi connectivity index (χ0n) is 31.2. The lowest BCUT2D eigenvalue weighted by Crippen LogP contribution is -2.59. The van der Waals surface area contributed by atoms with Crippen LogP contribution in [0, 0.1) is 12.8 Å². The first-order valence-electron chi connectivity index (χ1n) is 18.5. The maximum atomic E-state index is 13.4. The first kappa shape index (κ1) is 41.2. The summed E-state index contributed by atoms with van der Waals surface area (Å²) in [4.78, 5) is 95.2. The van der Waals surface area contributed by atoms with E-state index in [2.05, 4.69) is 40.0 Å². The Balaban J connectivity index is 0.000000252. The topological polar surface area (TPSA) is 213 Å².